The second-order valence-electron chi connectivity index (χ2n) is 6.76. The number of fused-ring (bicyclic) bond motifs is 2. The molecule has 0 unspecified atom stereocenters. The minimum absolute atomic E-state index is 0.187. The topological polar surface area (TPSA) is 49.0 Å². The maximum absolute atomic E-state index is 13.4. The number of aromatic amines is 1. The van der Waals surface area contributed by atoms with Gasteiger partial charge in [0, 0.05) is 29.7 Å². The number of nitrogens with zero attached hydrogens (tertiary/aromatic N) is 2. The first-order chi connectivity index (χ1) is 13.2. The molecule has 0 atom stereocenters. The summed E-state index contributed by atoms with van der Waals surface area (Å²) in [6.07, 6.45) is 0. The normalized spacial score (nSPS) is 13.1. The van der Waals surface area contributed by atoms with Crippen LogP contribution in [0.15, 0.2) is 71.5 Å². The summed E-state index contributed by atoms with van der Waals surface area (Å²) in [6.45, 7) is 1.47. The Bertz CT molecular complexity index is 1210. The van der Waals surface area contributed by atoms with Gasteiger partial charge in [-0.2, -0.15) is 5.10 Å². The number of hydrogen-bond acceptors (Lipinski definition) is 3. The lowest BCUT2D eigenvalue weighted by Gasteiger charge is -2.18. The summed E-state index contributed by atoms with van der Waals surface area (Å²) in [5.74, 6) is -0.193. The Hall–Kier alpha value is -3.47. The molecule has 4 aromatic rings. The number of aromatic nitrogens is 2. The molecule has 4 nitrogen and oxygen atoms in total. The first kappa shape index (κ1) is 15.8. The fourth-order valence-corrected chi connectivity index (χ4v) is 3.71. The van der Waals surface area contributed by atoms with Crippen molar-refractivity contribution in [1.82, 2.24) is 10.2 Å². The van der Waals surface area contributed by atoms with Crippen molar-refractivity contribution >= 4 is 16.5 Å². The monoisotopic (exact) mass is 357 g/mol. The van der Waals surface area contributed by atoms with Crippen LogP contribution in [0.25, 0.3) is 22.0 Å². The van der Waals surface area contributed by atoms with Gasteiger partial charge in [-0.3, -0.25) is 4.79 Å². The van der Waals surface area contributed by atoms with Gasteiger partial charge in [-0.25, -0.2) is 9.49 Å². The van der Waals surface area contributed by atoms with Gasteiger partial charge in [-0.15, -0.1) is 0 Å². The van der Waals surface area contributed by atoms with Crippen molar-refractivity contribution in [2.45, 2.75) is 13.1 Å². The molecule has 1 N–H and O–H groups in total. The molecule has 0 saturated heterocycles. The van der Waals surface area contributed by atoms with E-state index in [1.54, 1.807) is 12.1 Å². The molecule has 2 heterocycles. The zero-order valence-corrected chi connectivity index (χ0v) is 14.4. The van der Waals surface area contributed by atoms with Crippen LogP contribution in [0.5, 0.6) is 0 Å². The Kier molecular flexibility index (Phi) is 3.53. The van der Waals surface area contributed by atoms with Crippen LogP contribution in [0, 0.1) is 5.82 Å². The van der Waals surface area contributed by atoms with Crippen molar-refractivity contribution in [3.63, 3.8) is 0 Å². The van der Waals surface area contributed by atoms with Gasteiger partial charge in [0.1, 0.15) is 5.82 Å². The third-order valence-corrected chi connectivity index (χ3v) is 5.09. The maximum atomic E-state index is 13.4. The first-order valence-electron chi connectivity index (χ1n) is 8.79. The van der Waals surface area contributed by atoms with Gasteiger partial charge in [-0.1, -0.05) is 36.4 Å². The summed E-state index contributed by atoms with van der Waals surface area (Å²) in [5, 5.41) is 8.29. The smallest absolute Gasteiger partial charge is 0.272 e. The summed E-state index contributed by atoms with van der Waals surface area (Å²) in [5.41, 5.74) is 4.77. The minimum atomic E-state index is -0.193. The number of benzene rings is 3. The van der Waals surface area contributed by atoms with Crippen LogP contribution >= 0.6 is 0 Å². The van der Waals surface area contributed by atoms with E-state index >= 15 is 0 Å². The van der Waals surface area contributed by atoms with E-state index in [1.165, 1.54) is 6.07 Å². The molecule has 0 saturated carbocycles. The van der Waals surface area contributed by atoms with Gasteiger partial charge in [0.2, 0.25) is 0 Å². The number of nitrogens with one attached hydrogen (secondary N) is 1. The second-order valence-corrected chi connectivity index (χ2v) is 6.76. The lowest BCUT2D eigenvalue weighted by atomic mass is 10.0. The highest BCUT2D eigenvalue weighted by molar-refractivity contribution is 5.93. The Morgan fingerprint density at radius 1 is 0.889 bits per heavy atom. The summed E-state index contributed by atoms with van der Waals surface area (Å²) in [4.78, 5) is 14.2. The minimum Gasteiger partial charge on any atom is -0.363 e. The molecular formula is C22H16FN3O. The van der Waals surface area contributed by atoms with E-state index in [2.05, 4.69) is 15.1 Å². The highest BCUT2D eigenvalue weighted by atomic mass is 19.1. The number of anilines is 1. The van der Waals surface area contributed by atoms with Crippen LogP contribution in [0.4, 0.5) is 10.1 Å². The van der Waals surface area contributed by atoms with Gasteiger partial charge >= 0.3 is 0 Å². The molecule has 0 radical (unpaired) electrons. The van der Waals surface area contributed by atoms with E-state index in [4.69, 9.17) is 0 Å². The quantitative estimate of drug-likeness (QED) is 0.583. The number of hydrogen-bond donors (Lipinski definition) is 1. The molecule has 0 amide bonds. The maximum Gasteiger partial charge on any atom is 0.272 e. The fourth-order valence-electron chi connectivity index (χ4n) is 3.71. The third kappa shape index (κ3) is 2.68. The molecule has 1 aliphatic heterocycles. The molecule has 0 aliphatic carbocycles. The first-order valence-corrected chi connectivity index (χ1v) is 8.79. The van der Waals surface area contributed by atoms with Crippen LogP contribution < -0.4 is 10.5 Å². The number of H-pyrrole nitrogens is 1. The van der Waals surface area contributed by atoms with E-state index < -0.39 is 0 Å². The molecule has 3 aromatic carbocycles. The van der Waals surface area contributed by atoms with Crippen molar-refractivity contribution in [2.24, 2.45) is 0 Å². The van der Waals surface area contributed by atoms with Crippen molar-refractivity contribution in [1.29, 1.82) is 0 Å². The predicted octanol–water partition coefficient (Wildman–Crippen LogP) is 4.25. The molecule has 5 rings (SSSR count). The van der Waals surface area contributed by atoms with Crippen molar-refractivity contribution in [3.8, 4) is 11.3 Å². The van der Waals surface area contributed by atoms with Gasteiger partial charge in [0.15, 0.2) is 0 Å². The van der Waals surface area contributed by atoms with Crippen molar-refractivity contribution in [3.05, 3.63) is 94.0 Å². The van der Waals surface area contributed by atoms with Gasteiger partial charge < -0.3 is 4.90 Å². The average Bonchev–Trinajstić information content (AvgIpc) is 3.12. The van der Waals surface area contributed by atoms with E-state index in [0.29, 0.717) is 11.9 Å². The zero-order chi connectivity index (χ0) is 18.4. The fraction of sp³-hybridized carbons (Fsp3) is 0.0909. The van der Waals surface area contributed by atoms with Crippen LogP contribution in [-0.2, 0) is 13.1 Å². The Labute approximate surface area is 154 Å². The van der Waals surface area contributed by atoms with Crippen LogP contribution in [0.1, 0.15) is 11.1 Å². The summed E-state index contributed by atoms with van der Waals surface area (Å²) < 4.78 is 13.4. The molecule has 132 valence electrons. The van der Waals surface area contributed by atoms with E-state index in [-0.39, 0.29) is 11.4 Å². The van der Waals surface area contributed by atoms with Crippen LogP contribution in [-0.4, -0.2) is 10.2 Å². The lowest BCUT2D eigenvalue weighted by molar-refractivity contribution is 0.626. The summed E-state index contributed by atoms with van der Waals surface area (Å²) >= 11 is 0. The Morgan fingerprint density at radius 3 is 2.44 bits per heavy atom. The molecule has 27 heavy (non-hydrogen) atoms. The van der Waals surface area contributed by atoms with Gasteiger partial charge in [0.05, 0.1) is 11.1 Å². The summed E-state index contributed by atoms with van der Waals surface area (Å²) in [6, 6.07) is 20.5. The molecule has 5 heteroatoms. The van der Waals surface area contributed by atoms with E-state index in [1.807, 2.05) is 48.5 Å². The van der Waals surface area contributed by atoms with Gasteiger partial charge in [0.25, 0.3) is 5.56 Å². The van der Waals surface area contributed by atoms with E-state index in [9.17, 15) is 9.18 Å². The van der Waals surface area contributed by atoms with Crippen LogP contribution in [0.2, 0.25) is 0 Å². The summed E-state index contributed by atoms with van der Waals surface area (Å²) in [7, 11) is 0. The molecule has 1 aliphatic rings. The van der Waals surface area contributed by atoms with Crippen molar-refractivity contribution < 1.29 is 4.39 Å². The van der Waals surface area contributed by atoms with E-state index in [0.717, 1.165) is 40.0 Å². The highest BCUT2D eigenvalue weighted by Gasteiger charge is 2.20. The average molecular weight is 357 g/mol. The van der Waals surface area contributed by atoms with Crippen LogP contribution in [0.3, 0.4) is 0 Å². The Balaban J connectivity index is 1.49. The molecule has 1 aromatic heterocycles. The van der Waals surface area contributed by atoms with Crippen molar-refractivity contribution in [2.75, 3.05) is 4.90 Å². The standard InChI is InChI=1S/C22H16FN3O/c23-17-8-5-15-12-26(13-16(15)11-17)18-9-6-14(7-10-18)21-19-3-1-2-4-20(19)22(27)25-24-21/h1-11H,12-13H2,(H,25,27). The Morgan fingerprint density at radius 2 is 1.63 bits per heavy atom. The molecular weight excluding hydrogens is 341 g/mol. The number of halogens is 1. The predicted molar refractivity (Wildman–Crippen MR) is 104 cm³/mol. The second kappa shape index (κ2) is 6.06. The largest absolute Gasteiger partial charge is 0.363 e. The zero-order valence-electron chi connectivity index (χ0n) is 14.4. The SMILES string of the molecule is O=c1[nH]nc(-c2ccc(N3Cc4ccc(F)cc4C3)cc2)c2ccccc12. The molecule has 0 bridgehead atoms. The molecule has 0 spiro atoms. The lowest BCUT2D eigenvalue weighted by Crippen LogP contribution is -2.14. The third-order valence-electron chi connectivity index (χ3n) is 5.09. The molecule has 0 fully saturated rings. The number of rotatable bonds is 2. The highest BCUT2D eigenvalue weighted by Crippen LogP contribution is 2.31. The van der Waals surface area contributed by atoms with Gasteiger partial charge in [-0.05, 0) is 41.5 Å².